The molecule has 100 valence electrons. The molecule has 0 amide bonds. The van der Waals surface area contributed by atoms with Crippen LogP contribution in [0.25, 0.3) is 0 Å². The van der Waals surface area contributed by atoms with Crippen molar-refractivity contribution in [2.24, 2.45) is 23.7 Å². The Morgan fingerprint density at radius 2 is 1.29 bits per heavy atom. The van der Waals surface area contributed by atoms with Crippen molar-refractivity contribution in [2.45, 2.75) is 47.0 Å². The van der Waals surface area contributed by atoms with Gasteiger partial charge < -0.3 is 10.2 Å². The molecule has 0 bridgehead atoms. The maximum absolute atomic E-state index is 10.9. The number of rotatable bonds is 3. The quantitative estimate of drug-likeness (QED) is 0.800. The number of aliphatic carboxylic acids is 2. The summed E-state index contributed by atoms with van der Waals surface area (Å²) in [6.45, 7) is 8.04. The summed E-state index contributed by atoms with van der Waals surface area (Å²) < 4.78 is 0. The van der Waals surface area contributed by atoms with E-state index in [-0.39, 0.29) is 12.3 Å². The Hall–Kier alpha value is -1.06. The summed E-state index contributed by atoms with van der Waals surface area (Å²) in [5.74, 6) is -2.09. The summed E-state index contributed by atoms with van der Waals surface area (Å²) >= 11 is 0. The Kier molecular flexibility index (Phi) is 6.85. The van der Waals surface area contributed by atoms with E-state index in [1.165, 1.54) is 0 Å². The van der Waals surface area contributed by atoms with Gasteiger partial charge in [-0.15, -0.1) is 0 Å². The zero-order chi connectivity index (χ0) is 13.6. The van der Waals surface area contributed by atoms with E-state index in [9.17, 15) is 9.59 Å². The molecule has 0 aliphatic heterocycles. The van der Waals surface area contributed by atoms with E-state index in [1.807, 2.05) is 27.7 Å². The van der Waals surface area contributed by atoms with Crippen LogP contribution in [-0.4, -0.2) is 22.2 Å². The molecule has 0 aromatic carbocycles. The molecule has 0 spiro atoms. The highest BCUT2D eigenvalue weighted by atomic mass is 16.4. The Bertz CT molecular complexity index is 238. The van der Waals surface area contributed by atoms with Crippen molar-refractivity contribution >= 4 is 11.9 Å². The molecule has 2 atom stereocenters. The molecule has 2 N–H and O–H groups in total. The smallest absolute Gasteiger partial charge is 0.306 e. The van der Waals surface area contributed by atoms with Gasteiger partial charge in [-0.3, -0.25) is 9.59 Å². The normalized spacial score (nSPS) is 28.2. The van der Waals surface area contributed by atoms with Crippen LogP contribution in [0.5, 0.6) is 0 Å². The minimum absolute atomic E-state index is 0.223. The topological polar surface area (TPSA) is 74.6 Å². The highest BCUT2D eigenvalue weighted by Gasteiger charge is 2.36. The molecule has 17 heavy (non-hydrogen) atoms. The van der Waals surface area contributed by atoms with Crippen molar-refractivity contribution in [1.29, 1.82) is 0 Å². The van der Waals surface area contributed by atoms with Crippen molar-refractivity contribution in [3.8, 4) is 0 Å². The van der Waals surface area contributed by atoms with Crippen LogP contribution >= 0.6 is 0 Å². The first-order valence-corrected chi connectivity index (χ1v) is 6.37. The largest absolute Gasteiger partial charge is 0.481 e. The van der Waals surface area contributed by atoms with Crippen LogP contribution < -0.4 is 0 Å². The molecule has 0 heterocycles. The van der Waals surface area contributed by atoms with Crippen molar-refractivity contribution in [2.75, 3.05) is 0 Å². The second-order valence-corrected chi connectivity index (χ2v) is 4.78. The Balaban J connectivity index is 0.00000121. The molecule has 1 fully saturated rings. The highest BCUT2D eigenvalue weighted by molar-refractivity contribution is 5.74. The van der Waals surface area contributed by atoms with Crippen molar-refractivity contribution in [3.05, 3.63) is 0 Å². The maximum Gasteiger partial charge on any atom is 0.306 e. The summed E-state index contributed by atoms with van der Waals surface area (Å²) in [5.41, 5.74) is 0. The Labute approximate surface area is 103 Å². The van der Waals surface area contributed by atoms with E-state index < -0.39 is 23.8 Å². The molecule has 4 heteroatoms. The second kappa shape index (κ2) is 7.30. The van der Waals surface area contributed by atoms with E-state index >= 15 is 0 Å². The third-order valence-corrected chi connectivity index (χ3v) is 3.38. The number of hydrogen-bond donors (Lipinski definition) is 2. The van der Waals surface area contributed by atoms with E-state index in [2.05, 4.69) is 0 Å². The van der Waals surface area contributed by atoms with E-state index in [4.69, 9.17) is 10.2 Å². The van der Waals surface area contributed by atoms with Crippen LogP contribution in [0, 0.1) is 23.7 Å². The highest BCUT2D eigenvalue weighted by Crippen LogP contribution is 2.37. The van der Waals surface area contributed by atoms with Gasteiger partial charge in [-0.05, 0) is 31.1 Å². The zero-order valence-corrected chi connectivity index (χ0v) is 11.1. The van der Waals surface area contributed by atoms with Crippen LogP contribution in [0.2, 0.25) is 0 Å². The summed E-state index contributed by atoms with van der Waals surface area (Å²) in [7, 11) is 0. The van der Waals surface area contributed by atoms with Gasteiger partial charge in [0.1, 0.15) is 0 Å². The Morgan fingerprint density at radius 1 is 0.941 bits per heavy atom. The maximum atomic E-state index is 10.9. The van der Waals surface area contributed by atoms with E-state index in [0.717, 1.165) is 0 Å². The van der Waals surface area contributed by atoms with E-state index in [0.29, 0.717) is 18.8 Å². The van der Waals surface area contributed by atoms with Gasteiger partial charge in [0.15, 0.2) is 0 Å². The summed E-state index contributed by atoms with van der Waals surface area (Å²) in [6.07, 6.45) is 1.53. The number of hydrogen-bond acceptors (Lipinski definition) is 2. The first-order chi connectivity index (χ1) is 7.91. The van der Waals surface area contributed by atoms with Crippen molar-refractivity contribution in [3.63, 3.8) is 0 Å². The molecule has 1 saturated carbocycles. The van der Waals surface area contributed by atoms with Gasteiger partial charge in [0.2, 0.25) is 0 Å². The van der Waals surface area contributed by atoms with Gasteiger partial charge >= 0.3 is 11.9 Å². The summed E-state index contributed by atoms with van der Waals surface area (Å²) in [6, 6.07) is 0. The van der Waals surface area contributed by atoms with Gasteiger partial charge in [0.05, 0.1) is 11.8 Å². The number of carbonyl (C=O) groups is 2. The number of carboxylic acids is 2. The minimum Gasteiger partial charge on any atom is -0.481 e. The minimum atomic E-state index is -0.855. The third-order valence-electron chi connectivity index (χ3n) is 3.38. The van der Waals surface area contributed by atoms with Gasteiger partial charge in [-0.2, -0.15) is 0 Å². The fraction of sp³-hybridized carbons (Fsp3) is 0.846. The zero-order valence-electron chi connectivity index (χ0n) is 11.1. The van der Waals surface area contributed by atoms with Gasteiger partial charge in [0.25, 0.3) is 0 Å². The van der Waals surface area contributed by atoms with Crippen LogP contribution in [0.3, 0.4) is 0 Å². The molecule has 0 aromatic rings. The van der Waals surface area contributed by atoms with Crippen molar-refractivity contribution in [1.82, 2.24) is 0 Å². The lowest BCUT2D eigenvalue weighted by Crippen LogP contribution is -2.33. The monoisotopic (exact) mass is 244 g/mol. The van der Waals surface area contributed by atoms with Crippen LogP contribution in [-0.2, 0) is 9.59 Å². The van der Waals surface area contributed by atoms with Crippen molar-refractivity contribution < 1.29 is 19.8 Å². The lowest BCUT2D eigenvalue weighted by Gasteiger charge is -2.33. The van der Waals surface area contributed by atoms with Crippen LogP contribution in [0.1, 0.15) is 47.0 Å². The SMILES string of the molecule is CC.CC(C)C1CC(C(=O)O)CC(C(=O)O)C1. The van der Waals surface area contributed by atoms with Gasteiger partial charge in [-0.1, -0.05) is 27.7 Å². The molecule has 0 saturated heterocycles. The molecule has 2 unspecified atom stereocenters. The first-order valence-electron chi connectivity index (χ1n) is 6.37. The molecule has 0 aromatic heterocycles. The fourth-order valence-electron chi connectivity index (χ4n) is 2.31. The fourth-order valence-corrected chi connectivity index (χ4v) is 2.31. The standard InChI is InChI=1S/C11H18O4.C2H6/c1-6(2)7-3-8(10(12)13)5-9(4-7)11(14)15;1-2/h6-9H,3-5H2,1-2H3,(H,12,13)(H,14,15);1-2H3. The van der Waals surface area contributed by atoms with Crippen LogP contribution in [0.15, 0.2) is 0 Å². The lowest BCUT2D eigenvalue weighted by molar-refractivity contribution is -0.149. The average molecular weight is 244 g/mol. The van der Waals surface area contributed by atoms with Gasteiger partial charge in [0, 0.05) is 0 Å². The Morgan fingerprint density at radius 3 is 1.53 bits per heavy atom. The molecule has 1 aliphatic rings. The summed E-state index contributed by atoms with van der Waals surface area (Å²) in [4.78, 5) is 21.8. The molecular weight excluding hydrogens is 220 g/mol. The van der Waals surface area contributed by atoms with E-state index in [1.54, 1.807) is 0 Å². The molecule has 1 rings (SSSR count). The molecule has 1 aliphatic carbocycles. The van der Waals surface area contributed by atoms with Gasteiger partial charge in [-0.25, -0.2) is 0 Å². The lowest BCUT2D eigenvalue weighted by atomic mass is 9.71. The molecular formula is C13H24O4. The average Bonchev–Trinajstić information content (AvgIpc) is 2.30. The van der Waals surface area contributed by atoms with Crippen LogP contribution in [0.4, 0.5) is 0 Å². The predicted octanol–water partition coefficient (Wildman–Crippen LogP) is 2.87. The summed E-state index contributed by atoms with van der Waals surface area (Å²) in [5, 5.41) is 17.9. The molecule has 0 radical (unpaired) electrons. The first kappa shape index (κ1) is 15.9. The predicted molar refractivity (Wildman–Crippen MR) is 65.8 cm³/mol. The number of carboxylic acid groups (broad SMARTS) is 2. The third kappa shape index (κ3) is 4.75. The second-order valence-electron chi connectivity index (χ2n) is 4.78. The molecule has 4 nitrogen and oxygen atoms in total.